The van der Waals surface area contributed by atoms with E-state index in [1.165, 1.54) is 0 Å². The van der Waals surface area contributed by atoms with Crippen LogP contribution >= 0.6 is 0 Å². The highest BCUT2D eigenvalue weighted by Gasteiger charge is 2.00. The average Bonchev–Trinajstić information content (AvgIpc) is 2.77. The highest BCUT2D eigenvalue weighted by atomic mass is 15.0. The van der Waals surface area contributed by atoms with Crippen LogP contribution in [0.4, 0.5) is 0 Å². The SMILES string of the molecule is N#Cc1cc(Cn2cnc(CCN)c2)ccn1. The molecular weight excluding hydrogens is 214 g/mol. The summed E-state index contributed by atoms with van der Waals surface area (Å²) in [5.41, 5.74) is 7.93. The van der Waals surface area contributed by atoms with E-state index in [4.69, 9.17) is 11.0 Å². The van der Waals surface area contributed by atoms with E-state index in [9.17, 15) is 0 Å². The molecule has 0 aliphatic carbocycles. The van der Waals surface area contributed by atoms with Crippen molar-refractivity contribution in [2.75, 3.05) is 6.54 Å². The predicted octanol–water partition coefficient (Wildman–Crippen LogP) is 0.699. The third-order valence-corrected chi connectivity index (χ3v) is 2.39. The van der Waals surface area contributed by atoms with E-state index in [1.54, 1.807) is 18.6 Å². The Morgan fingerprint density at radius 3 is 3.06 bits per heavy atom. The van der Waals surface area contributed by atoms with Crippen LogP contribution in [0.2, 0.25) is 0 Å². The first-order valence-electron chi connectivity index (χ1n) is 5.37. The first-order valence-corrected chi connectivity index (χ1v) is 5.37. The maximum atomic E-state index is 8.76. The normalized spacial score (nSPS) is 10.1. The largest absolute Gasteiger partial charge is 0.333 e. The number of imidazole rings is 1. The molecule has 0 aliphatic heterocycles. The molecule has 0 atom stereocenters. The van der Waals surface area contributed by atoms with Crippen LogP contribution in [0, 0.1) is 11.3 Å². The van der Waals surface area contributed by atoms with Crippen molar-refractivity contribution >= 4 is 0 Å². The lowest BCUT2D eigenvalue weighted by Crippen LogP contribution is -2.03. The van der Waals surface area contributed by atoms with E-state index in [0.717, 1.165) is 17.7 Å². The number of pyridine rings is 1. The molecule has 0 saturated heterocycles. The van der Waals surface area contributed by atoms with Crippen molar-refractivity contribution in [1.82, 2.24) is 14.5 Å². The molecule has 2 aromatic rings. The Labute approximate surface area is 99.5 Å². The zero-order valence-electron chi connectivity index (χ0n) is 9.37. The number of nitriles is 1. The van der Waals surface area contributed by atoms with E-state index in [1.807, 2.05) is 22.9 Å². The van der Waals surface area contributed by atoms with E-state index in [0.29, 0.717) is 18.8 Å². The van der Waals surface area contributed by atoms with E-state index in [2.05, 4.69) is 9.97 Å². The summed E-state index contributed by atoms with van der Waals surface area (Å²) in [5.74, 6) is 0. The van der Waals surface area contributed by atoms with E-state index >= 15 is 0 Å². The molecule has 0 bridgehead atoms. The molecule has 0 aromatic carbocycles. The Morgan fingerprint density at radius 2 is 2.29 bits per heavy atom. The van der Waals surface area contributed by atoms with Crippen molar-refractivity contribution in [1.29, 1.82) is 5.26 Å². The fourth-order valence-electron chi connectivity index (χ4n) is 1.61. The summed E-state index contributed by atoms with van der Waals surface area (Å²) in [4.78, 5) is 8.18. The van der Waals surface area contributed by atoms with Crippen LogP contribution in [0.3, 0.4) is 0 Å². The standard InChI is InChI=1S/C12H13N5/c13-3-1-11-8-17(9-16-11)7-10-2-4-15-12(5-10)6-14/h2,4-5,8-9H,1,3,7,13H2. The molecule has 17 heavy (non-hydrogen) atoms. The Morgan fingerprint density at radius 1 is 1.41 bits per heavy atom. The molecule has 2 N–H and O–H groups in total. The first-order chi connectivity index (χ1) is 8.31. The zero-order valence-corrected chi connectivity index (χ0v) is 9.37. The summed E-state index contributed by atoms with van der Waals surface area (Å²) in [6.07, 6.45) is 6.18. The second kappa shape index (κ2) is 5.23. The number of hydrogen-bond donors (Lipinski definition) is 1. The smallest absolute Gasteiger partial charge is 0.140 e. The number of aromatic nitrogens is 3. The third kappa shape index (κ3) is 2.89. The Bertz CT molecular complexity index is 538. The molecule has 0 radical (unpaired) electrons. The Kier molecular flexibility index (Phi) is 3.48. The molecule has 0 aliphatic rings. The topological polar surface area (TPSA) is 80.5 Å². The molecule has 0 unspecified atom stereocenters. The molecule has 2 heterocycles. The molecule has 5 nitrogen and oxygen atoms in total. The van der Waals surface area contributed by atoms with Gasteiger partial charge in [0.15, 0.2) is 0 Å². The van der Waals surface area contributed by atoms with Gasteiger partial charge in [-0.05, 0) is 24.2 Å². The second-order valence-electron chi connectivity index (χ2n) is 3.74. The van der Waals surface area contributed by atoms with Gasteiger partial charge in [-0.1, -0.05) is 0 Å². The lowest BCUT2D eigenvalue weighted by molar-refractivity contribution is 0.793. The summed E-state index contributed by atoms with van der Waals surface area (Å²) in [6.45, 7) is 1.29. The van der Waals surface area contributed by atoms with Crippen LogP contribution in [0.15, 0.2) is 30.9 Å². The molecular formula is C12H13N5. The van der Waals surface area contributed by atoms with Gasteiger partial charge in [-0.25, -0.2) is 9.97 Å². The second-order valence-corrected chi connectivity index (χ2v) is 3.74. The maximum absolute atomic E-state index is 8.76. The minimum atomic E-state index is 0.435. The molecule has 2 aromatic heterocycles. The molecule has 5 heteroatoms. The van der Waals surface area contributed by atoms with Gasteiger partial charge in [0.1, 0.15) is 11.8 Å². The molecule has 2 rings (SSSR count). The molecule has 0 spiro atoms. The molecule has 86 valence electrons. The van der Waals surface area contributed by atoms with Gasteiger partial charge in [0.25, 0.3) is 0 Å². The van der Waals surface area contributed by atoms with Gasteiger partial charge in [-0.15, -0.1) is 0 Å². The Balaban J connectivity index is 2.11. The number of hydrogen-bond acceptors (Lipinski definition) is 4. The highest BCUT2D eigenvalue weighted by Crippen LogP contribution is 2.05. The maximum Gasteiger partial charge on any atom is 0.140 e. The van der Waals surface area contributed by atoms with Gasteiger partial charge < -0.3 is 10.3 Å². The van der Waals surface area contributed by atoms with Crippen LogP contribution in [0.1, 0.15) is 17.0 Å². The fraction of sp³-hybridized carbons (Fsp3) is 0.250. The highest BCUT2D eigenvalue weighted by molar-refractivity contribution is 5.25. The van der Waals surface area contributed by atoms with Crippen molar-refractivity contribution in [3.63, 3.8) is 0 Å². The van der Waals surface area contributed by atoms with Gasteiger partial charge in [0, 0.05) is 25.4 Å². The summed E-state index contributed by atoms with van der Waals surface area (Å²) in [7, 11) is 0. The van der Waals surface area contributed by atoms with Crippen LogP contribution in [0.25, 0.3) is 0 Å². The minimum absolute atomic E-state index is 0.435. The number of rotatable bonds is 4. The summed E-state index contributed by atoms with van der Waals surface area (Å²) < 4.78 is 1.97. The van der Waals surface area contributed by atoms with Crippen molar-refractivity contribution < 1.29 is 0 Å². The van der Waals surface area contributed by atoms with Gasteiger partial charge in [-0.3, -0.25) is 0 Å². The molecule has 0 fully saturated rings. The van der Waals surface area contributed by atoms with Crippen molar-refractivity contribution in [3.8, 4) is 6.07 Å². The summed E-state index contributed by atoms with van der Waals surface area (Å²) in [5, 5.41) is 8.76. The van der Waals surface area contributed by atoms with Crippen molar-refractivity contribution in [2.45, 2.75) is 13.0 Å². The first kappa shape index (κ1) is 11.3. The zero-order chi connectivity index (χ0) is 12.1. The lowest BCUT2D eigenvalue weighted by Gasteiger charge is -2.01. The lowest BCUT2D eigenvalue weighted by atomic mass is 10.2. The molecule has 0 amide bonds. The van der Waals surface area contributed by atoms with E-state index < -0.39 is 0 Å². The van der Waals surface area contributed by atoms with E-state index in [-0.39, 0.29) is 0 Å². The van der Waals surface area contributed by atoms with Crippen LogP contribution < -0.4 is 5.73 Å². The van der Waals surface area contributed by atoms with Gasteiger partial charge in [0.2, 0.25) is 0 Å². The Hall–Kier alpha value is -2.19. The number of nitrogens with two attached hydrogens (primary N) is 1. The summed E-state index contributed by atoms with van der Waals surface area (Å²) >= 11 is 0. The van der Waals surface area contributed by atoms with Crippen molar-refractivity contribution in [3.05, 3.63) is 47.8 Å². The van der Waals surface area contributed by atoms with Gasteiger partial charge in [-0.2, -0.15) is 5.26 Å². The van der Waals surface area contributed by atoms with Crippen LogP contribution in [-0.2, 0) is 13.0 Å². The summed E-state index contributed by atoms with van der Waals surface area (Å²) in [6, 6.07) is 5.70. The van der Waals surface area contributed by atoms with Gasteiger partial charge >= 0.3 is 0 Å². The van der Waals surface area contributed by atoms with Crippen LogP contribution in [-0.4, -0.2) is 21.1 Å². The quantitative estimate of drug-likeness (QED) is 0.833. The van der Waals surface area contributed by atoms with Gasteiger partial charge in [0.05, 0.1) is 12.0 Å². The fourth-order valence-corrected chi connectivity index (χ4v) is 1.61. The molecule has 0 saturated carbocycles. The average molecular weight is 227 g/mol. The minimum Gasteiger partial charge on any atom is -0.333 e. The van der Waals surface area contributed by atoms with Crippen LogP contribution in [0.5, 0.6) is 0 Å². The monoisotopic (exact) mass is 227 g/mol. The number of nitrogens with zero attached hydrogens (tertiary/aromatic N) is 4. The van der Waals surface area contributed by atoms with Crippen molar-refractivity contribution in [2.24, 2.45) is 5.73 Å². The predicted molar refractivity (Wildman–Crippen MR) is 63.0 cm³/mol. The third-order valence-electron chi connectivity index (χ3n) is 2.39.